The largest absolute Gasteiger partial charge is 0.716 e. The van der Waals surface area contributed by atoms with Crippen LogP contribution in [0.5, 0.6) is 5.75 Å². The second-order valence-electron chi connectivity index (χ2n) is 3.35. The molecule has 0 radical (unpaired) electrons. The average Bonchev–Trinajstić information content (AvgIpc) is 2.29. The predicted octanol–water partition coefficient (Wildman–Crippen LogP) is 2.19. The number of benzene rings is 2. The van der Waals surface area contributed by atoms with E-state index in [0.29, 0.717) is 5.56 Å². The van der Waals surface area contributed by atoms with Gasteiger partial charge in [-0.25, -0.2) is 8.42 Å². The SMILES string of the molecule is O=S(=O)([O-])Oc1ccccc1-c1ccccc1. The van der Waals surface area contributed by atoms with Gasteiger partial charge in [-0.1, -0.05) is 48.5 Å². The normalized spacial score (nSPS) is 11.1. The monoisotopic (exact) mass is 249 g/mol. The van der Waals surface area contributed by atoms with Gasteiger partial charge in [-0.3, -0.25) is 0 Å². The molecular formula is C12H9O4S-. The second kappa shape index (κ2) is 4.57. The van der Waals surface area contributed by atoms with Gasteiger partial charge in [0.25, 0.3) is 10.4 Å². The highest BCUT2D eigenvalue weighted by Gasteiger charge is 2.07. The Kier molecular flexibility index (Phi) is 3.12. The summed E-state index contributed by atoms with van der Waals surface area (Å²) in [5, 5.41) is 0. The third kappa shape index (κ3) is 3.05. The van der Waals surface area contributed by atoms with E-state index >= 15 is 0 Å². The Balaban J connectivity index is 2.49. The van der Waals surface area contributed by atoms with E-state index in [2.05, 4.69) is 4.18 Å². The quantitative estimate of drug-likeness (QED) is 0.617. The van der Waals surface area contributed by atoms with Crippen LogP contribution in [0.3, 0.4) is 0 Å². The first-order valence-corrected chi connectivity index (χ1v) is 6.19. The van der Waals surface area contributed by atoms with Crippen LogP contribution < -0.4 is 4.18 Å². The van der Waals surface area contributed by atoms with E-state index in [0.717, 1.165) is 5.56 Å². The van der Waals surface area contributed by atoms with Crippen LogP contribution in [-0.4, -0.2) is 13.0 Å². The smallest absolute Gasteiger partial charge is 0.262 e. The van der Waals surface area contributed by atoms with Crippen LogP contribution in [-0.2, 0) is 10.4 Å². The molecule has 0 bridgehead atoms. The van der Waals surface area contributed by atoms with Crippen molar-refractivity contribution in [2.24, 2.45) is 0 Å². The third-order valence-corrected chi connectivity index (χ3v) is 2.55. The van der Waals surface area contributed by atoms with Crippen molar-refractivity contribution >= 4 is 10.4 Å². The van der Waals surface area contributed by atoms with Crippen LogP contribution in [0.15, 0.2) is 54.6 Å². The zero-order valence-corrected chi connectivity index (χ0v) is 9.55. The van der Waals surface area contributed by atoms with Gasteiger partial charge in [-0.2, -0.15) is 0 Å². The fourth-order valence-corrected chi connectivity index (χ4v) is 1.87. The van der Waals surface area contributed by atoms with Crippen molar-refractivity contribution in [2.75, 3.05) is 0 Å². The summed E-state index contributed by atoms with van der Waals surface area (Å²) in [5.74, 6) is 0.0358. The number of hydrogen-bond donors (Lipinski definition) is 0. The molecule has 4 nitrogen and oxygen atoms in total. The van der Waals surface area contributed by atoms with Gasteiger partial charge in [0.15, 0.2) is 0 Å². The summed E-state index contributed by atoms with van der Waals surface area (Å²) in [4.78, 5) is 0. The fraction of sp³-hybridized carbons (Fsp3) is 0. The molecule has 2 aromatic rings. The van der Waals surface area contributed by atoms with Gasteiger partial charge in [-0.15, -0.1) is 0 Å². The third-order valence-electron chi connectivity index (χ3n) is 2.16. The molecule has 0 fully saturated rings. The summed E-state index contributed by atoms with van der Waals surface area (Å²) in [6, 6.07) is 15.6. The Morgan fingerprint density at radius 3 is 2.12 bits per heavy atom. The molecule has 0 amide bonds. The molecule has 0 spiro atoms. The van der Waals surface area contributed by atoms with E-state index in [1.807, 2.05) is 18.2 Å². The minimum atomic E-state index is -4.76. The van der Waals surface area contributed by atoms with Crippen LogP contribution in [0.2, 0.25) is 0 Å². The van der Waals surface area contributed by atoms with Crippen molar-refractivity contribution in [1.29, 1.82) is 0 Å². The molecule has 17 heavy (non-hydrogen) atoms. The van der Waals surface area contributed by atoms with E-state index < -0.39 is 10.4 Å². The van der Waals surface area contributed by atoms with Crippen LogP contribution in [0.1, 0.15) is 0 Å². The first-order valence-electron chi connectivity index (χ1n) is 4.86. The van der Waals surface area contributed by atoms with E-state index in [9.17, 15) is 13.0 Å². The molecule has 0 aromatic heterocycles. The zero-order chi connectivity index (χ0) is 12.3. The van der Waals surface area contributed by atoms with Gasteiger partial charge in [0.2, 0.25) is 0 Å². The van der Waals surface area contributed by atoms with Gasteiger partial charge in [0.1, 0.15) is 5.75 Å². The first-order chi connectivity index (χ1) is 8.06. The molecule has 0 N–H and O–H groups in total. The van der Waals surface area contributed by atoms with Crippen LogP contribution in [0.4, 0.5) is 0 Å². The molecule has 0 saturated carbocycles. The topological polar surface area (TPSA) is 66.4 Å². The summed E-state index contributed by atoms with van der Waals surface area (Å²) < 4.78 is 36.2. The van der Waals surface area contributed by atoms with Crippen molar-refractivity contribution in [3.63, 3.8) is 0 Å². The maximum absolute atomic E-state index is 10.6. The number of hydrogen-bond acceptors (Lipinski definition) is 4. The lowest BCUT2D eigenvalue weighted by Gasteiger charge is -2.13. The second-order valence-corrected chi connectivity index (χ2v) is 4.34. The Hall–Kier alpha value is -1.85. The minimum absolute atomic E-state index is 0.0358. The molecule has 0 unspecified atom stereocenters. The fourth-order valence-electron chi connectivity index (χ4n) is 1.51. The standard InChI is InChI=1S/C12H10O4S/c13-17(14,15)16-12-9-5-4-8-11(12)10-6-2-1-3-7-10/h1-9H,(H,13,14,15)/p-1. The van der Waals surface area contributed by atoms with E-state index in [-0.39, 0.29) is 5.75 Å². The molecule has 2 aromatic carbocycles. The van der Waals surface area contributed by atoms with Crippen LogP contribution in [0.25, 0.3) is 11.1 Å². The summed E-state index contributed by atoms with van der Waals surface area (Å²) in [6.45, 7) is 0. The molecule has 5 heteroatoms. The van der Waals surface area contributed by atoms with Crippen molar-refractivity contribution in [1.82, 2.24) is 0 Å². The molecule has 0 aliphatic carbocycles. The van der Waals surface area contributed by atoms with Crippen LogP contribution in [0, 0.1) is 0 Å². The Labute approximate surface area is 99.4 Å². The lowest BCUT2D eigenvalue weighted by molar-refractivity contribution is 0.373. The molecular weight excluding hydrogens is 240 g/mol. The highest BCUT2D eigenvalue weighted by Crippen LogP contribution is 2.30. The maximum atomic E-state index is 10.6. The first kappa shape index (κ1) is 11.6. The molecule has 0 aliphatic heterocycles. The number of para-hydroxylation sites is 1. The minimum Gasteiger partial charge on any atom is -0.716 e. The lowest BCUT2D eigenvalue weighted by atomic mass is 10.1. The summed E-state index contributed by atoms with van der Waals surface area (Å²) in [6.07, 6.45) is 0. The van der Waals surface area contributed by atoms with Gasteiger partial charge in [0, 0.05) is 5.56 Å². The Bertz CT molecular complexity index is 605. The molecule has 0 saturated heterocycles. The van der Waals surface area contributed by atoms with Gasteiger partial charge < -0.3 is 8.74 Å². The summed E-state index contributed by atoms with van der Waals surface area (Å²) in [5.41, 5.74) is 1.35. The van der Waals surface area contributed by atoms with E-state index in [1.165, 1.54) is 6.07 Å². The zero-order valence-electron chi connectivity index (χ0n) is 8.74. The Morgan fingerprint density at radius 1 is 0.882 bits per heavy atom. The molecule has 0 atom stereocenters. The van der Waals surface area contributed by atoms with Gasteiger partial charge in [0.05, 0.1) is 0 Å². The molecule has 0 heterocycles. The highest BCUT2D eigenvalue weighted by molar-refractivity contribution is 7.81. The molecule has 0 aliphatic rings. The summed E-state index contributed by atoms with van der Waals surface area (Å²) in [7, 11) is -4.76. The average molecular weight is 249 g/mol. The number of rotatable bonds is 3. The van der Waals surface area contributed by atoms with Crippen molar-refractivity contribution in [2.45, 2.75) is 0 Å². The van der Waals surface area contributed by atoms with E-state index in [1.54, 1.807) is 30.3 Å². The summed E-state index contributed by atoms with van der Waals surface area (Å²) >= 11 is 0. The predicted molar refractivity (Wildman–Crippen MR) is 62.2 cm³/mol. The van der Waals surface area contributed by atoms with Crippen molar-refractivity contribution < 1.29 is 17.2 Å². The van der Waals surface area contributed by atoms with Gasteiger partial charge in [-0.05, 0) is 11.6 Å². The van der Waals surface area contributed by atoms with Crippen LogP contribution >= 0.6 is 0 Å². The van der Waals surface area contributed by atoms with Crippen molar-refractivity contribution in [3.05, 3.63) is 54.6 Å². The maximum Gasteiger partial charge on any atom is 0.262 e. The van der Waals surface area contributed by atoms with Crippen molar-refractivity contribution in [3.8, 4) is 16.9 Å². The lowest BCUT2D eigenvalue weighted by Crippen LogP contribution is -2.07. The molecule has 2 rings (SSSR count). The van der Waals surface area contributed by atoms with E-state index in [4.69, 9.17) is 0 Å². The molecule has 88 valence electrons. The highest BCUT2D eigenvalue weighted by atomic mass is 32.3. The Morgan fingerprint density at radius 2 is 1.47 bits per heavy atom. The van der Waals surface area contributed by atoms with Gasteiger partial charge >= 0.3 is 0 Å².